The van der Waals surface area contributed by atoms with Crippen molar-refractivity contribution in [1.82, 2.24) is 9.62 Å². The van der Waals surface area contributed by atoms with E-state index in [1.54, 1.807) is 30.3 Å². The Morgan fingerprint density at radius 3 is 2.60 bits per heavy atom. The van der Waals surface area contributed by atoms with Gasteiger partial charge in [-0.3, -0.25) is 4.79 Å². The summed E-state index contributed by atoms with van der Waals surface area (Å²) >= 11 is 0. The molecule has 2 aromatic rings. The molecule has 0 bridgehead atoms. The Bertz CT molecular complexity index is 976. The zero-order chi connectivity index (χ0) is 21.7. The van der Waals surface area contributed by atoms with Crippen molar-refractivity contribution in [1.29, 1.82) is 0 Å². The van der Waals surface area contributed by atoms with Crippen molar-refractivity contribution >= 4 is 15.9 Å². The number of hydrogen-bond acceptors (Lipinski definition) is 4. The van der Waals surface area contributed by atoms with E-state index < -0.39 is 10.0 Å². The van der Waals surface area contributed by atoms with Crippen LogP contribution < -0.4 is 10.1 Å². The van der Waals surface area contributed by atoms with E-state index in [4.69, 9.17) is 4.74 Å². The summed E-state index contributed by atoms with van der Waals surface area (Å²) in [4.78, 5) is 13.0. The maximum absolute atomic E-state index is 12.9. The average molecular weight is 431 g/mol. The highest BCUT2D eigenvalue weighted by molar-refractivity contribution is 7.89. The largest absolute Gasteiger partial charge is 0.491 e. The maximum Gasteiger partial charge on any atom is 0.243 e. The van der Waals surface area contributed by atoms with Gasteiger partial charge in [0.25, 0.3) is 0 Å². The minimum atomic E-state index is -3.58. The fraction of sp³-hybridized carbons (Fsp3) is 0.435. The summed E-state index contributed by atoms with van der Waals surface area (Å²) in [6.07, 6.45) is 1.34. The van der Waals surface area contributed by atoms with Gasteiger partial charge in [-0.05, 0) is 69.0 Å². The summed E-state index contributed by atoms with van der Waals surface area (Å²) in [5.41, 5.74) is 2.36. The number of benzene rings is 2. The Labute approximate surface area is 179 Å². The molecule has 0 unspecified atom stereocenters. The standard InChI is InChI=1S/C23H30N2O4S/c1-17-11-12-21(14-18(17)2)29-16-19(3)24-23(26)20-8-7-13-25(15-20)30(27,28)22-9-5-4-6-10-22/h4-6,9-12,14,19-20H,7-8,13,15-16H2,1-3H3,(H,24,26)/t19-,20-/m1/s1. The number of nitrogens with zero attached hydrogens (tertiary/aromatic N) is 1. The van der Waals surface area contributed by atoms with Crippen LogP contribution in [0.4, 0.5) is 0 Å². The molecule has 2 aromatic carbocycles. The van der Waals surface area contributed by atoms with Crippen LogP contribution in [0.2, 0.25) is 0 Å². The molecule has 1 aliphatic heterocycles. The molecule has 1 saturated heterocycles. The van der Waals surface area contributed by atoms with Gasteiger partial charge in [0, 0.05) is 13.1 Å². The first-order valence-electron chi connectivity index (χ1n) is 10.3. The van der Waals surface area contributed by atoms with Crippen LogP contribution >= 0.6 is 0 Å². The summed E-state index contributed by atoms with van der Waals surface area (Å²) in [6.45, 7) is 6.96. The number of carbonyl (C=O) groups excluding carboxylic acids is 1. The zero-order valence-electron chi connectivity index (χ0n) is 17.8. The number of amides is 1. The average Bonchev–Trinajstić information content (AvgIpc) is 2.75. The van der Waals surface area contributed by atoms with Crippen molar-refractivity contribution in [3.8, 4) is 5.75 Å². The highest BCUT2D eigenvalue weighted by Gasteiger charge is 2.33. The van der Waals surface area contributed by atoms with Gasteiger partial charge in [0.1, 0.15) is 12.4 Å². The molecule has 7 heteroatoms. The van der Waals surface area contributed by atoms with Crippen LogP contribution in [-0.4, -0.2) is 44.4 Å². The second kappa shape index (κ2) is 9.62. The van der Waals surface area contributed by atoms with Gasteiger partial charge in [-0.2, -0.15) is 4.31 Å². The Hall–Kier alpha value is -2.38. The summed E-state index contributed by atoms with van der Waals surface area (Å²) < 4.78 is 33.0. The molecule has 6 nitrogen and oxygen atoms in total. The number of ether oxygens (including phenoxy) is 1. The number of nitrogens with one attached hydrogen (secondary N) is 1. The van der Waals surface area contributed by atoms with Gasteiger partial charge in [0.05, 0.1) is 16.9 Å². The van der Waals surface area contributed by atoms with E-state index in [2.05, 4.69) is 5.32 Å². The predicted molar refractivity (Wildman–Crippen MR) is 117 cm³/mol. The van der Waals surface area contributed by atoms with Gasteiger partial charge in [-0.15, -0.1) is 0 Å². The second-order valence-corrected chi connectivity index (χ2v) is 9.92. The molecule has 0 aliphatic carbocycles. The number of carbonyl (C=O) groups is 1. The van der Waals surface area contributed by atoms with Gasteiger partial charge in [-0.1, -0.05) is 24.3 Å². The Morgan fingerprint density at radius 1 is 1.17 bits per heavy atom. The van der Waals surface area contributed by atoms with Crippen LogP contribution in [0.25, 0.3) is 0 Å². The Kier molecular flexibility index (Phi) is 7.15. The van der Waals surface area contributed by atoms with Crippen molar-refractivity contribution in [2.75, 3.05) is 19.7 Å². The highest BCUT2D eigenvalue weighted by Crippen LogP contribution is 2.24. The van der Waals surface area contributed by atoms with Crippen LogP contribution in [-0.2, 0) is 14.8 Å². The lowest BCUT2D eigenvalue weighted by atomic mass is 9.98. The molecular formula is C23H30N2O4S. The lowest BCUT2D eigenvalue weighted by Crippen LogP contribution is -2.48. The molecule has 162 valence electrons. The molecule has 0 radical (unpaired) electrons. The minimum absolute atomic E-state index is 0.126. The van der Waals surface area contributed by atoms with Crippen LogP contribution in [0, 0.1) is 19.8 Å². The van der Waals surface area contributed by atoms with Crippen molar-refractivity contribution in [3.05, 3.63) is 59.7 Å². The molecule has 0 saturated carbocycles. The predicted octanol–water partition coefficient (Wildman–Crippen LogP) is 3.29. The number of rotatable bonds is 7. The van der Waals surface area contributed by atoms with Crippen LogP contribution in [0.15, 0.2) is 53.4 Å². The molecule has 30 heavy (non-hydrogen) atoms. The number of hydrogen-bond donors (Lipinski definition) is 1. The minimum Gasteiger partial charge on any atom is -0.491 e. The monoisotopic (exact) mass is 430 g/mol. The molecule has 1 aliphatic rings. The highest BCUT2D eigenvalue weighted by atomic mass is 32.2. The third kappa shape index (κ3) is 5.40. The summed E-state index contributed by atoms with van der Waals surface area (Å²) in [7, 11) is -3.58. The molecular weight excluding hydrogens is 400 g/mol. The van der Waals surface area contributed by atoms with Gasteiger partial charge in [0.15, 0.2) is 0 Å². The van der Waals surface area contributed by atoms with Crippen molar-refractivity contribution in [2.45, 2.75) is 44.6 Å². The quantitative estimate of drug-likeness (QED) is 0.731. The summed E-state index contributed by atoms with van der Waals surface area (Å²) in [5, 5.41) is 2.97. The van der Waals surface area contributed by atoms with E-state index >= 15 is 0 Å². The Morgan fingerprint density at radius 2 is 1.90 bits per heavy atom. The summed E-state index contributed by atoms with van der Waals surface area (Å²) in [6, 6.07) is 14.1. The first-order chi connectivity index (χ1) is 14.3. The van der Waals surface area contributed by atoms with E-state index in [-0.39, 0.29) is 29.3 Å². The molecule has 3 rings (SSSR count). The SMILES string of the molecule is Cc1ccc(OC[C@@H](C)NC(=O)[C@@H]2CCCN(S(=O)(=O)c3ccccc3)C2)cc1C. The van der Waals surface area contributed by atoms with Crippen molar-refractivity contribution in [2.24, 2.45) is 5.92 Å². The van der Waals surface area contributed by atoms with E-state index in [1.807, 2.05) is 39.0 Å². The lowest BCUT2D eigenvalue weighted by molar-refractivity contribution is -0.126. The van der Waals surface area contributed by atoms with Gasteiger partial charge < -0.3 is 10.1 Å². The van der Waals surface area contributed by atoms with Gasteiger partial charge >= 0.3 is 0 Å². The molecule has 2 atom stereocenters. The van der Waals surface area contributed by atoms with Crippen LogP contribution in [0.1, 0.15) is 30.9 Å². The van der Waals surface area contributed by atoms with Crippen molar-refractivity contribution < 1.29 is 17.9 Å². The number of piperidine rings is 1. The molecule has 1 amide bonds. The van der Waals surface area contributed by atoms with E-state index in [9.17, 15) is 13.2 Å². The van der Waals surface area contributed by atoms with Crippen LogP contribution in [0.3, 0.4) is 0 Å². The van der Waals surface area contributed by atoms with E-state index in [1.165, 1.54) is 9.87 Å². The lowest BCUT2D eigenvalue weighted by Gasteiger charge is -2.31. The normalized spacial score (nSPS) is 18.6. The van der Waals surface area contributed by atoms with Crippen LogP contribution in [0.5, 0.6) is 5.75 Å². The van der Waals surface area contributed by atoms with Gasteiger partial charge in [-0.25, -0.2) is 8.42 Å². The Balaban J connectivity index is 1.55. The smallest absolute Gasteiger partial charge is 0.243 e. The third-order valence-corrected chi connectivity index (χ3v) is 7.38. The van der Waals surface area contributed by atoms with E-state index in [0.29, 0.717) is 26.0 Å². The topological polar surface area (TPSA) is 75.7 Å². The van der Waals surface area contributed by atoms with Crippen molar-refractivity contribution in [3.63, 3.8) is 0 Å². The van der Waals surface area contributed by atoms with Gasteiger partial charge in [0.2, 0.25) is 15.9 Å². The summed E-state index contributed by atoms with van der Waals surface area (Å²) in [5.74, 6) is 0.289. The molecule has 1 heterocycles. The third-order valence-electron chi connectivity index (χ3n) is 5.50. The molecule has 0 aromatic heterocycles. The fourth-order valence-electron chi connectivity index (χ4n) is 3.54. The maximum atomic E-state index is 12.9. The number of aryl methyl sites for hydroxylation is 2. The molecule has 0 spiro atoms. The fourth-order valence-corrected chi connectivity index (χ4v) is 5.09. The molecule has 1 N–H and O–H groups in total. The molecule has 1 fully saturated rings. The zero-order valence-corrected chi connectivity index (χ0v) is 18.6. The second-order valence-electron chi connectivity index (χ2n) is 7.98. The number of sulfonamides is 1. The first kappa shape index (κ1) is 22.3. The van der Waals surface area contributed by atoms with E-state index in [0.717, 1.165) is 11.3 Å². The first-order valence-corrected chi connectivity index (χ1v) is 11.8.